The molecule has 3 amide bonds. The number of aliphatic hydroxyl groups is 1. The Bertz CT molecular complexity index is 2450. The van der Waals surface area contributed by atoms with Crippen LogP contribution in [0.3, 0.4) is 0 Å². The van der Waals surface area contributed by atoms with Crippen molar-refractivity contribution in [2.75, 3.05) is 54.7 Å². The second-order valence-electron chi connectivity index (χ2n) is 16.8. The number of nitrogens with zero attached hydrogens (tertiary/aromatic N) is 6. The van der Waals surface area contributed by atoms with Crippen molar-refractivity contribution in [3.63, 3.8) is 0 Å². The summed E-state index contributed by atoms with van der Waals surface area (Å²) in [4.78, 5) is 46.0. The normalized spacial score (nSPS) is 22.9. The molecular formula is C46H50N6O8Si. The van der Waals surface area contributed by atoms with Crippen molar-refractivity contribution in [1.82, 2.24) is 15.0 Å². The Morgan fingerprint density at radius 3 is 2.25 bits per heavy atom. The maximum atomic E-state index is 15.6. The summed E-state index contributed by atoms with van der Waals surface area (Å²) in [6.45, 7) is 8.86. The third kappa shape index (κ3) is 7.03. The SMILES string of the molecule is COc1ccc([Si](C)(C)[C@@H]2[C@@H](CCn3cc(C(CO)c4ccccc4)nn3)O[C@]3(C(=O)N(Cc4cccc(N5CCOC5=O)c4)c4ccc(N5CCOC5=O)cc43)[C@H]2C)cc1. The second-order valence-corrected chi connectivity index (χ2v) is 21.5. The molecule has 1 unspecified atom stereocenters. The maximum Gasteiger partial charge on any atom is 0.414 e. The number of benzene rings is 4. The molecule has 4 aliphatic heterocycles. The Kier molecular flexibility index (Phi) is 10.7. The number of ether oxygens (including phenoxy) is 4. The topological polar surface area (TPSA) is 149 Å². The Morgan fingerprint density at radius 1 is 0.885 bits per heavy atom. The minimum absolute atomic E-state index is 0.0555. The van der Waals surface area contributed by atoms with E-state index in [2.05, 4.69) is 42.5 Å². The number of aliphatic hydroxyl groups excluding tert-OH is 1. The fraction of sp³-hybridized carbons (Fsp3) is 0.370. The van der Waals surface area contributed by atoms with Crippen molar-refractivity contribution in [2.45, 2.75) is 62.7 Å². The zero-order chi connectivity index (χ0) is 42.5. The first-order chi connectivity index (χ1) is 29.5. The van der Waals surface area contributed by atoms with Gasteiger partial charge in [-0.2, -0.15) is 0 Å². The van der Waals surface area contributed by atoms with Crippen molar-refractivity contribution in [3.8, 4) is 5.75 Å². The average molecular weight is 843 g/mol. The van der Waals surface area contributed by atoms with Crippen LogP contribution in [-0.4, -0.2) is 92.4 Å². The summed E-state index contributed by atoms with van der Waals surface area (Å²) >= 11 is 0. The van der Waals surface area contributed by atoms with Gasteiger partial charge in [-0.25, -0.2) is 9.59 Å². The highest BCUT2D eigenvalue weighted by molar-refractivity contribution is 6.91. The third-order valence-corrected chi connectivity index (χ3v) is 17.5. The number of amides is 3. The quantitative estimate of drug-likeness (QED) is 0.136. The van der Waals surface area contributed by atoms with Crippen LogP contribution >= 0.6 is 0 Å². The number of anilines is 3. The minimum Gasteiger partial charge on any atom is -0.497 e. The highest BCUT2D eigenvalue weighted by Crippen LogP contribution is 2.60. The van der Waals surface area contributed by atoms with Gasteiger partial charge in [-0.1, -0.05) is 85.0 Å². The van der Waals surface area contributed by atoms with E-state index in [1.165, 1.54) is 5.19 Å². The molecule has 9 rings (SSSR count). The van der Waals surface area contributed by atoms with Gasteiger partial charge in [0.1, 0.15) is 19.0 Å². The van der Waals surface area contributed by atoms with Crippen LogP contribution in [0.5, 0.6) is 5.75 Å². The van der Waals surface area contributed by atoms with Gasteiger partial charge in [0.2, 0.25) is 0 Å². The van der Waals surface area contributed by atoms with Gasteiger partial charge < -0.3 is 29.0 Å². The van der Waals surface area contributed by atoms with Gasteiger partial charge in [-0.3, -0.25) is 19.3 Å². The van der Waals surface area contributed by atoms with E-state index in [0.29, 0.717) is 61.0 Å². The Balaban J connectivity index is 1.11. The van der Waals surface area contributed by atoms with Gasteiger partial charge in [0.05, 0.1) is 64.8 Å². The van der Waals surface area contributed by atoms with Crippen molar-refractivity contribution < 1.29 is 38.4 Å². The molecule has 0 radical (unpaired) electrons. The summed E-state index contributed by atoms with van der Waals surface area (Å²) in [5.41, 5.74) is 3.78. The van der Waals surface area contributed by atoms with Gasteiger partial charge in [0.25, 0.3) is 5.91 Å². The standard InChI is InChI=1S/C46H50N6O8Si/c1-30-42(61(3,4)36-16-14-35(57-2)15-17-36)41(19-20-49-28-39(47-48-49)37(29-53)32-10-6-5-7-11-32)60-46(30)38-26-34(51-22-24-59-45(51)56)13-18-40(38)52(43(46)54)27-31-9-8-12-33(25-31)50-21-23-58-44(50)55/h5-18,25-26,28,30,37,41-42,53H,19-24,27,29H2,1-4H3/t30-,37?,41+,42-,46+/m0/s1. The van der Waals surface area contributed by atoms with Crippen LogP contribution in [0.25, 0.3) is 0 Å². The fourth-order valence-corrected chi connectivity index (χ4v) is 14.1. The molecule has 3 saturated heterocycles. The molecule has 5 aromatic rings. The molecule has 0 aliphatic carbocycles. The molecule has 0 bridgehead atoms. The molecule has 4 aliphatic rings. The van der Waals surface area contributed by atoms with Crippen LogP contribution in [0.2, 0.25) is 18.6 Å². The zero-order valence-electron chi connectivity index (χ0n) is 34.8. The summed E-state index contributed by atoms with van der Waals surface area (Å²) in [6.07, 6.45) is 1.22. The van der Waals surface area contributed by atoms with E-state index >= 15 is 4.79 Å². The van der Waals surface area contributed by atoms with Gasteiger partial charge in [-0.05, 0) is 65.6 Å². The van der Waals surface area contributed by atoms with Crippen molar-refractivity contribution in [2.24, 2.45) is 5.92 Å². The van der Waals surface area contributed by atoms with Crippen molar-refractivity contribution in [1.29, 1.82) is 0 Å². The molecular weight excluding hydrogens is 793 g/mol. The Morgan fingerprint density at radius 2 is 1.59 bits per heavy atom. The number of hydrogen-bond acceptors (Lipinski definition) is 10. The number of methoxy groups -OCH3 is 1. The first-order valence-corrected chi connectivity index (χ1v) is 23.9. The molecule has 0 saturated carbocycles. The van der Waals surface area contributed by atoms with E-state index in [-0.39, 0.29) is 49.1 Å². The highest BCUT2D eigenvalue weighted by atomic mass is 28.3. The van der Waals surface area contributed by atoms with E-state index in [1.54, 1.807) is 26.5 Å². The van der Waals surface area contributed by atoms with Crippen LogP contribution in [0.15, 0.2) is 103 Å². The lowest BCUT2D eigenvalue weighted by Crippen LogP contribution is -2.51. The summed E-state index contributed by atoms with van der Waals surface area (Å²) in [5, 5.41) is 20.6. The second kappa shape index (κ2) is 16.1. The van der Waals surface area contributed by atoms with Crippen LogP contribution < -0.4 is 24.6 Å². The number of carbonyl (C=O) groups is 3. The highest BCUT2D eigenvalue weighted by Gasteiger charge is 2.66. The number of aryl methyl sites for hydroxylation is 1. The number of fused-ring (bicyclic) bond motifs is 2. The van der Waals surface area contributed by atoms with Gasteiger partial charge in [0, 0.05) is 35.6 Å². The predicted molar refractivity (Wildman–Crippen MR) is 231 cm³/mol. The van der Waals surface area contributed by atoms with E-state index in [9.17, 15) is 14.7 Å². The van der Waals surface area contributed by atoms with E-state index in [1.807, 2.05) is 91.1 Å². The zero-order valence-corrected chi connectivity index (χ0v) is 35.8. The molecule has 61 heavy (non-hydrogen) atoms. The lowest BCUT2D eigenvalue weighted by atomic mass is 9.82. The first kappa shape index (κ1) is 40.4. The van der Waals surface area contributed by atoms with Crippen LogP contribution in [-0.2, 0) is 37.7 Å². The molecule has 3 fully saturated rings. The molecule has 5 atom stereocenters. The molecule has 5 heterocycles. The van der Waals surface area contributed by atoms with Gasteiger partial charge in [0.15, 0.2) is 5.60 Å². The molecule has 14 nitrogen and oxygen atoms in total. The predicted octanol–water partition coefficient (Wildman–Crippen LogP) is 6.18. The number of carbonyl (C=O) groups excluding carboxylic acids is 3. The summed E-state index contributed by atoms with van der Waals surface area (Å²) in [5.74, 6) is -0.0242. The van der Waals surface area contributed by atoms with E-state index in [0.717, 1.165) is 16.9 Å². The smallest absolute Gasteiger partial charge is 0.414 e. The Labute approximate surface area is 355 Å². The maximum absolute atomic E-state index is 15.6. The molecule has 316 valence electrons. The monoisotopic (exact) mass is 842 g/mol. The third-order valence-electron chi connectivity index (χ3n) is 13.2. The fourth-order valence-electron chi connectivity index (χ4n) is 10.1. The molecule has 1 N–H and O–H groups in total. The van der Waals surface area contributed by atoms with Crippen LogP contribution in [0.1, 0.15) is 41.6 Å². The molecule has 4 aromatic carbocycles. The summed E-state index contributed by atoms with van der Waals surface area (Å²) in [6, 6.07) is 31.4. The molecule has 1 spiro atoms. The largest absolute Gasteiger partial charge is 0.497 e. The van der Waals surface area contributed by atoms with Crippen LogP contribution in [0.4, 0.5) is 26.7 Å². The van der Waals surface area contributed by atoms with Gasteiger partial charge in [-0.15, -0.1) is 5.10 Å². The first-order valence-electron chi connectivity index (χ1n) is 20.9. The number of cyclic esters (lactones) is 2. The molecule has 1 aromatic heterocycles. The Hall–Kier alpha value is -6.03. The van der Waals surface area contributed by atoms with E-state index in [4.69, 9.17) is 18.9 Å². The summed E-state index contributed by atoms with van der Waals surface area (Å²) in [7, 11) is -0.836. The van der Waals surface area contributed by atoms with Crippen molar-refractivity contribution in [3.05, 3.63) is 126 Å². The lowest BCUT2D eigenvalue weighted by molar-refractivity contribution is -0.146. The van der Waals surface area contributed by atoms with Crippen molar-refractivity contribution >= 4 is 48.4 Å². The van der Waals surface area contributed by atoms with Gasteiger partial charge >= 0.3 is 12.2 Å². The number of hydrogen-bond donors (Lipinski definition) is 1. The number of aromatic nitrogens is 3. The summed E-state index contributed by atoms with van der Waals surface area (Å²) < 4.78 is 25.3. The average Bonchev–Trinajstić information content (AvgIpc) is 4.12. The molecule has 15 heteroatoms. The minimum atomic E-state index is -2.49. The lowest BCUT2D eigenvalue weighted by Gasteiger charge is -2.37. The number of rotatable bonds is 13. The van der Waals surface area contributed by atoms with Crippen LogP contribution in [0, 0.1) is 5.92 Å². The van der Waals surface area contributed by atoms with E-state index < -0.39 is 25.9 Å².